The van der Waals surface area contributed by atoms with Gasteiger partial charge in [-0.1, -0.05) is 44.0 Å². The summed E-state index contributed by atoms with van der Waals surface area (Å²) in [6.07, 6.45) is 0. The van der Waals surface area contributed by atoms with Crippen LogP contribution in [-0.4, -0.2) is 8.42 Å². The monoisotopic (exact) mass is 424 g/mol. The minimum absolute atomic E-state index is 0.414. The standard InChI is InChI=1S/C14H6Br2N2O2S/c15-7-1-3-9-10-4-2-8(16)6-12(10)14-13(11(9)5-7)17-21(19,20)18-14/h1-6H. The van der Waals surface area contributed by atoms with Crippen molar-refractivity contribution in [3.05, 3.63) is 56.1 Å². The van der Waals surface area contributed by atoms with Crippen LogP contribution in [0.1, 0.15) is 0 Å². The number of hydrogen-bond donors (Lipinski definition) is 0. The summed E-state index contributed by atoms with van der Waals surface area (Å²) in [6, 6.07) is 11.5. The van der Waals surface area contributed by atoms with E-state index >= 15 is 0 Å². The molecule has 0 unspecified atom stereocenters. The molecule has 1 aliphatic rings. The molecule has 0 bridgehead atoms. The van der Waals surface area contributed by atoms with E-state index in [1.165, 1.54) is 0 Å². The van der Waals surface area contributed by atoms with E-state index in [-0.39, 0.29) is 0 Å². The minimum Gasteiger partial charge on any atom is -0.179 e. The van der Waals surface area contributed by atoms with Gasteiger partial charge in [-0.25, -0.2) is 0 Å². The molecule has 104 valence electrons. The van der Waals surface area contributed by atoms with Crippen molar-refractivity contribution >= 4 is 63.6 Å². The second kappa shape index (κ2) is 4.34. The van der Waals surface area contributed by atoms with Gasteiger partial charge in [0.2, 0.25) is 0 Å². The van der Waals surface area contributed by atoms with Crippen LogP contribution in [-0.2, 0) is 10.2 Å². The summed E-state index contributed by atoms with van der Waals surface area (Å²) in [5.41, 5.74) is 0. The Morgan fingerprint density at radius 2 is 1.14 bits per heavy atom. The third-order valence-corrected chi connectivity index (χ3v) is 5.21. The summed E-state index contributed by atoms with van der Waals surface area (Å²) in [5.74, 6) is 0. The van der Waals surface area contributed by atoms with Crippen LogP contribution in [0.4, 0.5) is 0 Å². The first-order valence-corrected chi connectivity index (χ1v) is 8.98. The molecule has 1 aliphatic heterocycles. The highest BCUT2D eigenvalue weighted by Gasteiger charge is 2.18. The first-order chi connectivity index (χ1) is 9.94. The van der Waals surface area contributed by atoms with Crippen LogP contribution < -0.4 is 10.7 Å². The highest BCUT2D eigenvalue weighted by atomic mass is 79.9. The van der Waals surface area contributed by atoms with Gasteiger partial charge < -0.3 is 0 Å². The average Bonchev–Trinajstić information content (AvgIpc) is 2.75. The third kappa shape index (κ3) is 2.03. The lowest BCUT2D eigenvalue weighted by Gasteiger charge is -2.05. The summed E-state index contributed by atoms with van der Waals surface area (Å²) >= 11 is 6.83. The van der Waals surface area contributed by atoms with E-state index < -0.39 is 10.2 Å². The largest absolute Gasteiger partial charge is 0.364 e. The average molecular weight is 426 g/mol. The fraction of sp³-hybridized carbons (Fsp3) is 0. The SMILES string of the molecule is O=S1(=O)N=c2c(c3cc(Br)ccc3c3ccc(Br)cc23)=N1. The lowest BCUT2D eigenvalue weighted by molar-refractivity contribution is 0.599. The predicted molar refractivity (Wildman–Crippen MR) is 88.1 cm³/mol. The van der Waals surface area contributed by atoms with Crippen LogP contribution in [0.3, 0.4) is 0 Å². The van der Waals surface area contributed by atoms with Gasteiger partial charge in [0.1, 0.15) is 10.7 Å². The van der Waals surface area contributed by atoms with Gasteiger partial charge in [-0.2, -0.15) is 8.42 Å². The highest BCUT2D eigenvalue weighted by Crippen LogP contribution is 2.26. The molecular formula is C14H6Br2N2O2S. The van der Waals surface area contributed by atoms with Crippen molar-refractivity contribution in [1.82, 2.24) is 0 Å². The van der Waals surface area contributed by atoms with Crippen molar-refractivity contribution in [2.75, 3.05) is 0 Å². The topological polar surface area (TPSA) is 58.9 Å². The van der Waals surface area contributed by atoms with Gasteiger partial charge >= 0.3 is 10.2 Å². The number of rotatable bonds is 0. The first kappa shape index (κ1) is 13.4. The maximum atomic E-state index is 11.8. The Kier molecular flexibility index (Phi) is 2.76. The molecule has 4 rings (SSSR count). The molecule has 0 spiro atoms. The summed E-state index contributed by atoms with van der Waals surface area (Å²) in [7, 11) is -3.79. The van der Waals surface area contributed by atoms with Crippen LogP contribution >= 0.6 is 31.9 Å². The van der Waals surface area contributed by atoms with Crippen LogP contribution in [0, 0.1) is 0 Å². The van der Waals surface area contributed by atoms with Gasteiger partial charge in [0.05, 0.1) is 0 Å². The van der Waals surface area contributed by atoms with Gasteiger partial charge in [-0.3, -0.25) is 0 Å². The lowest BCUT2D eigenvalue weighted by atomic mass is 10.0. The Balaban J connectivity index is 2.45. The van der Waals surface area contributed by atoms with E-state index in [9.17, 15) is 8.42 Å². The normalized spacial score (nSPS) is 15.7. The first-order valence-electron chi connectivity index (χ1n) is 6.00. The maximum absolute atomic E-state index is 11.8. The predicted octanol–water partition coefficient (Wildman–Crippen LogP) is 3.02. The van der Waals surface area contributed by atoms with E-state index in [4.69, 9.17) is 0 Å². The molecule has 0 saturated heterocycles. The molecular weight excluding hydrogens is 420 g/mol. The van der Waals surface area contributed by atoms with Gasteiger partial charge in [-0.05, 0) is 35.0 Å². The zero-order chi connectivity index (χ0) is 14.8. The van der Waals surface area contributed by atoms with Crippen molar-refractivity contribution < 1.29 is 8.42 Å². The molecule has 4 nitrogen and oxygen atoms in total. The van der Waals surface area contributed by atoms with Gasteiger partial charge in [0.25, 0.3) is 0 Å². The molecule has 7 heteroatoms. The molecule has 0 aromatic heterocycles. The van der Waals surface area contributed by atoms with Gasteiger partial charge in [0, 0.05) is 19.7 Å². The van der Waals surface area contributed by atoms with Crippen LogP contribution in [0.2, 0.25) is 0 Å². The van der Waals surface area contributed by atoms with Crippen LogP contribution in [0.25, 0.3) is 21.5 Å². The Bertz CT molecular complexity index is 1080. The summed E-state index contributed by atoms with van der Waals surface area (Å²) in [5, 5.41) is 4.29. The fourth-order valence-electron chi connectivity index (χ4n) is 2.59. The van der Waals surface area contributed by atoms with E-state index in [0.717, 1.165) is 30.5 Å². The van der Waals surface area contributed by atoms with Crippen LogP contribution in [0.15, 0.2) is 54.1 Å². The Labute approximate surface area is 136 Å². The molecule has 0 radical (unpaired) electrons. The number of nitrogens with zero attached hydrogens (tertiary/aromatic N) is 2. The zero-order valence-electron chi connectivity index (χ0n) is 10.3. The second-order valence-corrected chi connectivity index (χ2v) is 7.80. The fourth-order valence-corrected chi connectivity index (χ4v) is 4.18. The number of halogens is 2. The molecule has 0 saturated carbocycles. The van der Waals surface area contributed by atoms with Gasteiger partial charge in [-0.15, -0.1) is 8.80 Å². The molecule has 21 heavy (non-hydrogen) atoms. The molecule has 3 aromatic rings. The Morgan fingerprint density at radius 3 is 1.57 bits per heavy atom. The van der Waals surface area contributed by atoms with Crippen molar-refractivity contribution in [2.24, 2.45) is 8.80 Å². The number of hydrogen-bond acceptors (Lipinski definition) is 2. The smallest absolute Gasteiger partial charge is 0.179 e. The van der Waals surface area contributed by atoms with E-state index in [2.05, 4.69) is 40.7 Å². The van der Waals surface area contributed by atoms with E-state index in [1.54, 1.807) is 0 Å². The number of benzene rings is 3. The van der Waals surface area contributed by atoms with Crippen molar-refractivity contribution in [3.63, 3.8) is 0 Å². The molecule has 0 amide bonds. The van der Waals surface area contributed by atoms with Crippen LogP contribution in [0.5, 0.6) is 0 Å². The molecule has 3 aromatic carbocycles. The van der Waals surface area contributed by atoms with Crippen molar-refractivity contribution in [2.45, 2.75) is 0 Å². The minimum atomic E-state index is -3.79. The van der Waals surface area contributed by atoms with Crippen molar-refractivity contribution in [1.29, 1.82) is 0 Å². The molecule has 0 fully saturated rings. The van der Waals surface area contributed by atoms with Crippen molar-refractivity contribution in [3.8, 4) is 0 Å². The van der Waals surface area contributed by atoms with Gasteiger partial charge in [0.15, 0.2) is 0 Å². The zero-order valence-corrected chi connectivity index (χ0v) is 14.3. The lowest BCUT2D eigenvalue weighted by Crippen LogP contribution is -2.23. The molecule has 0 atom stereocenters. The Hall–Kier alpha value is -1.31. The maximum Gasteiger partial charge on any atom is 0.364 e. The third-order valence-electron chi connectivity index (χ3n) is 3.40. The van der Waals surface area contributed by atoms with E-state index in [1.807, 2.05) is 36.4 Å². The summed E-state index contributed by atoms with van der Waals surface area (Å²) < 4.78 is 32.9. The summed E-state index contributed by atoms with van der Waals surface area (Å²) in [6.45, 7) is 0. The second-order valence-electron chi connectivity index (χ2n) is 4.71. The highest BCUT2D eigenvalue weighted by molar-refractivity contribution is 9.10. The Morgan fingerprint density at radius 1 is 0.714 bits per heavy atom. The molecule has 1 heterocycles. The quantitative estimate of drug-likeness (QED) is 0.520. The summed E-state index contributed by atoms with van der Waals surface area (Å²) in [4.78, 5) is 0. The molecule has 0 N–H and O–H groups in total. The number of fused-ring (bicyclic) bond motifs is 6. The molecule has 0 aliphatic carbocycles. The van der Waals surface area contributed by atoms with E-state index in [0.29, 0.717) is 10.7 Å².